The molecule has 2 rings (SSSR count). The van der Waals surface area contributed by atoms with E-state index in [1.54, 1.807) is 44.2 Å². The highest BCUT2D eigenvalue weighted by Gasteiger charge is 2.36. The molecular weight excluding hydrogens is 548 g/mol. The molecule has 0 radical (unpaired) electrons. The Balaban J connectivity index is 2.49. The smallest absolute Gasteiger partial charge is 0.305 e. The second kappa shape index (κ2) is 15.9. The second-order valence-electron chi connectivity index (χ2n) is 10.3. The van der Waals surface area contributed by atoms with Gasteiger partial charge in [0, 0.05) is 20.0 Å². The van der Waals surface area contributed by atoms with Gasteiger partial charge in [-0.2, -0.15) is 0 Å². The van der Waals surface area contributed by atoms with Crippen molar-refractivity contribution in [2.24, 2.45) is 22.4 Å². The maximum atomic E-state index is 13.7. The highest BCUT2D eigenvalue weighted by Crippen LogP contribution is 2.14. The van der Waals surface area contributed by atoms with Gasteiger partial charge < -0.3 is 42.7 Å². The van der Waals surface area contributed by atoms with Gasteiger partial charge in [-0.15, -0.1) is 0 Å². The van der Waals surface area contributed by atoms with Crippen LogP contribution in [0.15, 0.2) is 35.3 Å². The highest BCUT2D eigenvalue weighted by atomic mass is 16.4. The number of hydrogen-bond acceptors (Lipinski definition) is 7. The summed E-state index contributed by atoms with van der Waals surface area (Å²) in [5.74, 6) is -5.59. The average Bonchev–Trinajstić information content (AvgIpc) is 2.92. The zero-order valence-corrected chi connectivity index (χ0v) is 24.0. The van der Waals surface area contributed by atoms with Crippen molar-refractivity contribution in [3.63, 3.8) is 0 Å². The number of nitrogens with one attached hydrogen (secondary N) is 4. The average molecular weight is 589 g/mol. The molecule has 4 atom stereocenters. The number of hydrogen-bond donors (Lipinski definition) is 7. The normalized spacial score (nSPS) is 22.7. The number of amides is 5. The number of carboxylic acids is 1. The molecule has 0 bridgehead atoms. The first kappa shape index (κ1) is 33.5. The Hall–Kier alpha value is -4.69. The maximum absolute atomic E-state index is 13.7. The molecule has 5 amide bonds. The molecule has 1 saturated heterocycles. The van der Waals surface area contributed by atoms with Crippen LogP contribution in [0.4, 0.5) is 0 Å². The molecular formula is C27H40N8O7. The molecule has 0 aliphatic carbocycles. The number of aliphatic imine (C=N–C) groups is 1. The number of likely N-dealkylation sites (N-methyl/N-ethyl adjacent to an activating group) is 1. The van der Waals surface area contributed by atoms with E-state index in [1.807, 2.05) is 0 Å². The van der Waals surface area contributed by atoms with Gasteiger partial charge in [0.2, 0.25) is 29.5 Å². The lowest BCUT2D eigenvalue weighted by Crippen LogP contribution is -2.59. The van der Waals surface area contributed by atoms with Gasteiger partial charge in [0.05, 0.1) is 13.0 Å². The summed E-state index contributed by atoms with van der Waals surface area (Å²) in [6, 6.07) is 3.88. The van der Waals surface area contributed by atoms with Crippen molar-refractivity contribution < 1.29 is 33.9 Å². The summed E-state index contributed by atoms with van der Waals surface area (Å²) in [6.45, 7) is 3.03. The molecule has 0 aromatic heterocycles. The van der Waals surface area contributed by atoms with Crippen LogP contribution < -0.4 is 32.7 Å². The molecule has 0 saturated carbocycles. The lowest BCUT2D eigenvalue weighted by atomic mass is 9.99. The van der Waals surface area contributed by atoms with Crippen LogP contribution in [-0.4, -0.2) is 95.8 Å². The molecule has 42 heavy (non-hydrogen) atoms. The van der Waals surface area contributed by atoms with Crippen LogP contribution in [0.1, 0.15) is 38.7 Å². The summed E-state index contributed by atoms with van der Waals surface area (Å²) in [6.07, 6.45) is -0.302. The summed E-state index contributed by atoms with van der Waals surface area (Å²) in [5.41, 5.74) is 11.4. The van der Waals surface area contributed by atoms with Crippen molar-refractivity contribution in [3.8, 4) is 0 Å². The number of carbonyl (C=O) groups is 6. The van der Waals surface area contributed by atoms with E-state index in [1.165, 1.54) is 11.9 Å². The molecule has 1 fully saturated rings. The third-order valence-electron chi connectivity index (χ3n) is 6.65. The molecule has 230 valence electrons. The summed E-state index contributed by atoms with van der Waals surface area (Å²) in [4.78, 5) is 82.8. The molecule has 1 aromatic rings. The van der Waals surface area contributed by atoms with Crippen molar-refractivity contribution >= 4 is 41.5 Å². The summed E-state index contributed by atoms with van der Waals surface area (Å²) in [5, 5.41) is 19.3. The quantitative estimate of drug-likeness (QED) is 0.0942. The van der Waals surface area contributed by atoms with Gasteiger partial charge in [0.1, 0.15) is 24.2 Å². The van der Waals surface area contributed by atoms with E-state index >= 15 is 0 Å². The molecule has 1 heterocycles. The Morgan fingerprint density at radius 1 is 1.00 bits per heavy atom. The van der Waals surface area contributed by atoms with Crippen molar-refractivity contribution in [2.75, 3.05) is 20.1 Å². The lowest BCUT2D eigenvalue weighted by Gasteiger charge is -2.33. The van der Waals surface area contributed by atoms with Gasteiger partial charge in [-0.1, -0.05) is 44.2 Å². The van der Waals surface area contributed by atoms with E-state index in [0.29, 0.717) is 12.0 Å². The predicted molar refractivity (Wildman–Crippen MR) is 153 cm³/mol. The molecule has 0 spiro atoms. The van der Waals surface area contributed by atoms with Crippen LogP contribution >= 0.6 is 0 Å². The fourth-order valence-corrected chi connectivity index (χ4v) is 4.38. The first-order valence-corrected chi connectivity index (χ1v) is 13.6. The summed E-state index contributed by atoms with van der Waals surface area (Å²) in [7, 11) is 1.42. The Labute approximate surface area is 243 Å². The number of carboxylic acid groups (broad SMARTS) is 1. The molecule has 15 heteroatoms. The van der Waals surface area contributed by atoms with Crippen LogP contribution in [0, 0.1) is 5.92 Å². The zero-order chi connectivity index (χ0) is 31.4. The first-order chi connectivity index (χ1) is 19.8. The van der Waals surface area contributed by atoms with Crippen molar-refractivity contribution in [1.82, 2.24) is 26.2 Å². The topological polar surface area (TPSA) is 238 Å². The van der Waals surface area contributed by atoms with Crippen LogP contribution in [0.5, 0.6) is 0 Å². The molecule has 1 aliphatic heterocycles. The number of benzene rings is 1. The fourth-order valence-electron chi connectivity index (χ4n) is 4.38. The van der Waals surface area contributed by atoms with E-state index in [-0.39, 0.29) is 25.3 Å². The van der Waals surface area contributed by atoms with E-state index < -0.39 is 78.6 Å². The van der Waals surface area contributed by atoms with Crippen LogP contribution in [0.2, 0.25) is 0 Å². The van der Waals surface area contributed by atoms with Crippen molar-refractivity contribution in [2.45, 2.75) is 63.7 Å². The van der Waals surface area contributed by atoms with Crippen LogP contribution in [-0.2, 0) is 35.2 Å². The van der Waals surface area contributed by atoms with Gasteiger partial charge in [-0.25, -0.2) is 0 Å². The van der Waals surface area contributed by atoms with Crippen molar-refractivity contribution in [1.29, 1.82) is 0 Å². The SMILES string of the molecule is CC(C)[C@@H]1NC(=O)[C@@H](Cc2ccccc2)NC(=O)[C@H](CC(=O)O)NC(=O)CNC(=O)[C@H](CCCN=C(N)N)N(C)C1=O. The number of guanidine groups is 1. The van der Waals surface area contributed by atoms with Gasteiger partial charge >= 0.3 is 5.97 Å². The number of aliphatic carboxylic acids is 1. The third kappa shape index (κ3) is 10.4. The Kier molecular flexibility index (Phi) is 12.7. The standard InChI is InChI=1S/C27H40N8O7/c1-15(2)22-26(42)35(3)19(10-7-11-30-27(28)29)25(41)31-14-20(36)32-18(13-21(37)38)23(39)33-17(24(40)34-22)12-16-8-5-4-6-9-16/h4-6,8-9,15,17-19,22H,7,10-14H2,1-3H3,(H,31,41)(H,32,36)(H,33,39)(H,34,40)(H,37,38)(H4,28,29,30)/t17-,18+,19+,22+/m1/s1. The van der Waals surface area contributed by atoms with Crippen LogP contribution in [0.3, 0.4) is 0 Å². The summed E-state index contributed by atoms with van der Waals surface area (Å²) < 4.78 is 0. The molecule has 1 aromatic carbocycles. The minimum Gasteiger partial charge on any atom is -0.481 e. The molecule has 15 nitrogen and oxygen atoms in total. The number of carbonyl (C=O) groups excluding carboxylic acids is 5. The monoisotopic (exact) mass is 588 g/mol. The lowest BCUT2D eigenvalue weighted by molar-refractivity contribution is -0.143. The largest absolute Gasteiger partial charge is 0.481 e. The number of nitrogens with zero attached hydrogens (tertiary/aromatic N) is 2. The van der Waals surface area contributed by atoms with Crippen molar-refractivity contribution in [3.05, 3.63) is 35.9 Å². The Bertz CT molecular complexity index is 1170. The Morgan fingerprint density at radius 2 is 1.64 bits per heavy atom. The maximum Gasteiger partial charge on any atom is 0.305 e. The predicted octanol–water partition coefficient (Wildman–Crippen LogP) is -2.18. The van der Waals surface area contributed by atoms with Gasteiger partial charge in [0.15, 0.2) is 5.96 Å². The fraction of sp³-hybridized carbons (Fsp3) is 0.519. The third-order valence-corrected chi connectivity index (χ3v) is 6.65. The van der Waals surface area contributed by atoms with Gasteiger partial charge in [-0.05, 0) is 24.3 Å². The van der Waals surface area contributed by atoms with E-state index in [2.05, 4.69) is 26.3 Å². The van der Waals surface area contributed by atoms with Crippen LogP contribution in [0.25, 0.3) is 0 Å². The zero-order valence-electron chi connectivity index (χ0n) is 24.0. The number of rotatable bonds is 9. The minimum absolute atomic E-state index is 0.0223. The second-order valence-corrected chi connectivity index (χ2v) is 10.3. The molecule has 1 aliphatic rings. The van der Waals surface area contributed by atoms with Gasteiger partial charge in [-0.3, -0.25) is 33.8 Å². The van der Waals surface area contributed by atoms with E-state index in [4.69, 9.17) is 11.5 Å². The first-order valence-electron chi connectivity index (χ1n) is 13.6. The van der Waals surface area contributed by atoms with Gasteiger partial charge in [0.25, 0.3) is 0 Å². The summed E-state index contributed by atoms with van der Waals surface area (Å²) >= 11 is 0. The highest BCUT2D eigenvalue weighted by molar-refractivity contribution is 5.98. The minimum atomic E-state index is -1.54. The molecule has 9 N–H and O–H groups in total. The molecule has 0 unspecified atom stereocenters. The Morgan fingerprint density at radius 3 is 2.24 bits per heavy atom. The van der Waals surface area contributed by atoms with E-state index in [9.17, 15) is 33.9 Å². The van der Waals surface area contributed by atoms with E-state index in [0.717, 1.165) is 0 Å². The number of nitrogens with two attached hydrogens (primary N) is 2.